The van der Waals surface area contributed by atoms with E-state index in [2.05, 4.69) is 5.32 Å². The first-order valence-corrected chi connectivity index (χ1v) is 10.0. The zero-order valence-electron chi connectivity index (χ0n) is 17.1. The number of hydrogen-bond acceptors (Lipinski definition) is 3. The summed E-state index contributed by atoms with van der Waals surface area (Å²) in [6.45, 7) is 0. The quantitative estimate of drug-likeness (QED) is 0.586. The van der Waals surface area contributed by atoms with Crippen LogP contribution >= 0.6 is 0 Å². The van der Waals surface area contributed by atoms with E-state index in [1.807, 2.05) is 48.5 Å². The van der Waals surface area contributed by atoms with E-state index in [0.717, 1.165) is 34.4 Å². The molecule has 0 fully saturated rings. The standard InChI is InChI=1S/C25H20F3NO3/c1-32-24(31)23(29-21(30)14-15-10-12-16(13-11-15)25(26,27)28)22-19-8-4-2-6-17(19)18-7-3-5-9-20(18)22/h2-13,22-23H,14H2,1H3,(H,29,30)/t23-/m0/s1. The second-order valence-corrected chi connectivity index (χ2v) is 7.59. The molecular weight excluding hydrogens is 419 g/mol. The number of rotatable bonds is 5. The molecule has 164 valence electrons. The van der Waals surface area contributed by atoms with Gasteiger partial charge in [-0.15, -0.1) is 0 Å². The van der Waals surface area contributed by atoms with E-state index in [0.29, 0.717) is 5.56 Å². The van der Waals surface area contributed by atoms with Gasteiger partial charge in [0, 0.05) is 5.92 Å². The average molecular weight is 439 g/mol. The Morgan fingerprint density at radius 2 is 1.44 bits per heavy atom. The van der Waals surface area contributed by atoms with Gasteiger partial charge >= 0.3 is 12.1 Å². The molecule has 0 aliphatic heterocycles. The molecular formula is C25H20F3NO3. The SMILES string of the molecule is COC(=O)[C@@H](NC(=O)Cc1ccc(C(F)(F)F)cc1)C1c2ccccc2-c2ccccc21. The van der Waals surface area contributed by atoms with Gasteiger partial charge in [-0.3, -0.25) is 4.79 Å². The summed E-state index contributed by atoms with van der Waals surface area (Å²) in [5.41, 5.74) is 3.40. The average Bonchev–Trinajstić information content (AvgIpc) is 3.11. The molecule has 0 radical (unpaired) electrons. The molecule has 4 rings (SSSR count). The van der Waals surface area contributed by atoms with Gasteiger partial charge in [0.1, 0.15) is 6.04 Å². The minimum atomic E-state index is -4.44. The van der Waals surface area contributed by atoms with Crippen LogP contribution in [0.1, 0.15) is 28.2 Å². The van der Waals surface area contributed by atoms with Crippen LogP contribution < -0.4 is 5.32 Å². The maximum Gasteiger partial charge on any atom is 0.416 e. The third-order valence-corrected chi connectivity index (χ3v) is 5.63. The molecule has 32 heavy (non-hydrogen) atoms. The van der Waals surface area contributed by atoms with Gasteiger partial charge in [0.2, 0.25) is 5.91 Å². The summed E-state index contributed by atoms with van der Waals surface area (Å²) in [5, 5.41) is 2.75. The van der Waals surface area contributed by atoms with Crippen LogP contribution in [0.15, 0.2) is 72.8 Å². The maximum atomic E-state index is 12.8. The van der Waals surface area contributed by atoms with Crippen molar-refractivity contribution in [3.63, 3.8) is 0 Å². The van der Waals surface area contributed by atoms with Crippen LogP contribution in [0.3, 0.4) is 0 Å². The van der Waals surface area contributed by atoms with E-state index in [-0.39, 0.29) is 6.42 Å². The number of esters is 1. The first-order valence-electron chi connectivity index (χ1n) is 10.0. The van der Waals surface area contributed by atoms with E-state index in [9.17, 15) is 22.8 Å². The highest BCUT2D eigenvalue weighted by Crippen LogP contribution is 2.46. The lowest BCUT2D eigenvalue weighted by Gasteiger charge is -2.24. The lowest BCUT2D eigenvalue weighted by molar-refractivity contribution is -0.145. The molecule has 0 heterocycles. The second-order valence-electron chi connectivity index (χ2n) is 7.59. The molecule has 7 heteroatoms. The summed E-state index contributed by atoms with van der Waals surface area (Å²) in [4.78, 5) is 25.5. The predicted octanol–water partition coefficient (Wildman–Crippen LogP) is 4.72. The molecule has 1 atom stereocenters. The van der Waals surface area contributed by atoms with Gasteiger partial charge in [-0.2, -0.15) is 13.2 Å². The Balaban J connectivity index is 1.60. The lowest BCUT2D eigenvalue weighted by atomic mass is 9.89. The number of methoxy groups -OCH3 is 1. The molecule has 0 spiro atoms. The first kappa shape index (κ1) is 21.6. The van der Waals surface area contributed by atoms with Crippen molar-refractivity contribution in [1.29, 1.82) is 0 Å². The number of ether oxygens (including phenoxy) is 1. The number of carbonyl (C=O) groups excluding carboxylic acids is 2. The number of halogens is 3. The van der Waals surface area contributed by atoms with Gasteiger partial charge in [-0.25, -0.2) is 4.79 Å². The van der Waals surface area contributed by atoms with Crippen molar-refractivity contribution in [3.05, 3.63) is 95.1 Å². The fourth-order valence-corrected chi connectivity index (χ4v) is 4.18. The number of nitrogens with one attached hydrogen (secondary N) is 1. The number of fused-ring (bicyclic) bond motifs is 3. The number of benzene rings is 3. The summed E-state index contributed by atoms with van der Waals surface area (Å²) >= 11 is 0. The van der Waals surface area contributed by atoms with Crippen LogP contribution in [0, 0.1) is 0 Å². The van der Waals surface area contributed by atoms with Gasteiger partial charge in [-0.1, -0.05) is 60.7 Å². The first-order chi connectivity index (χ1) is 15.3. The third-order valence-electron chi connectivity index (χ3n) is 5.63. The minimum Gasteiger partial charge on any atom is -0.467 e. The van der Waals surface area contributed by atoms with Crippen molar-refractivity contribution in [2.75, 3.05) is 7.11 Å². The Labute approximate surface area is 183 Å². The van der Waals surface area contributed by atoms with Crippen LogP contribution in [0.2, 0.25) is 0 Å². The predicted molar refractivity (Wildman–Crippen MR) is 113 cm³/mol. The van der Waals surface area contributed by atoms with Crippen LogP contribution in [-0.2, 0) is 26.9 Å². The summed E-state index contributed by atoms with van der Waals surface area (Å²) < 4.78 is 43.3. The minimum absolute atomic E-state index is 0.165. The molecule has 4 nitrogen and oxygen atoms in total. The van der Waals surface area contributed by atoms with E-state index in [1.54, 1.807) is 0 Å². The lowest BCUT2D eigenvalue weighted by Crippen LogP contribution is -2.46. The Bertz CT molecular complexity index is 1110. The highest BCUT2D eigenvalue weighted by atomic mass is 19.4. The number of carbonyl (C=O) groups is 2. The van der Waals surface area contributed by atoms with Gasteiger partial charge in [-0.05, 0) is 39.9 Å². The fraction of sp³-hybridized carbons (Fsp3) is 0.200. The van der Waals surface area contributed by atoms with Crippen LogP contribution in [0.4, 0.5) is 13.2 Å². The van der Waals surface area contributed by atoms with Gasteiger partial charge < -0.3 is 10.1 Å². The number of amides is 1. The van der Waals surface area contributed by atoms with Gasteiger partial charge in [0.25, 0.3) is 0 Å². The molecule has 3 aromatic carbocycles. The summed E-state index contributed by atoms with van der Waals surface area (Å²) in [6.07, 6.45) is -4.61. The zero-order valence-corrected chi connectivity index (χ0v) is 17.1. The van der Waals surface area contributed by atoms with Crippen molar-refractivity contribution in [1.82, 2.24) is 5.32 Å². The van der Waals surface area contributed by atoms with Gasteiger partial charge in [0.15, 0.2) is 0 Å². The molecule has 0 saturated carbocycles. The molecule has 0 bridgehead atoms. The summed E-state index contributed by atoms with van der Waals surface area (Å²) in [5.74, 6) is -1.52. The molecule has 1 amide bonds. The highest BCUT2D eigenvalue weighted by Gasteiger charge is 2.39. The molecule has 1 N–H and O–H groups in total. The summed E-state index contributed by atoms with van der Waals surface area (Å²) in [7, 11) is 1.25. The smallest absolute Gasteiger partial charge is 0.416 e. The van der Waals surface area contributed by atoms with Crippen molar-refractivity contribution >= 4 is 11.9 Å². The molecule has 0 unspecified atom stereocenters. The Hall–Kier alpha value is -3.61. The Morgan fingerprint density at radius 3 is 1.94 bits per heavy atom. The van der Waals surface area contributed by atoms with E-state index >= 15 is 0 Å². The van der Waals surface area contributed by atoms with Gasteiger partial charge in [0.05, 0.1) is 19.1 Å². The molecule has 0 aromatic heterocycles. The van der Waals surface area contributed by atoms with Crippen molar-refractivity contribution in [2.45, 2.75) is 24.6 Å². The maximum absolute atomic E-state index is 12.8. The second kappa shape index (κ2) is 8.49. The van der Waals surface area contributed by atoms with Crippen LogP contribution in [0.25, 0.3) is 11.1 Å². The van der Waals surface area contributed by atoms with E-state index in [4.69, 9.17) is 4.74 Å². The monoisotopic (exact) mass is 439 g/mol. The number of hydrogen-bond donors (Lipinski definition) is 1. The highest BCUT2D eigenvalue weighted by molar-refractivity contribution is 5.90. The topological polar surface area (TPSA) is 55.4 Å². The Kier molecular flexibility index (Phi) is 5.74. The van der Waals surface area contributed by atoms with Crippen LogP contribution in [0.5, 0.6) is 0 Å². The Morgan fingerprint density at radius 1 is 0.906 bits per heavy atom. The number of alkyl halides is 3. The summed E-state index contributed by atoms with van der Waals surface area (Å²) in [6, 6.07) is 18.7. The largest absolute Gasteiger partial charge is 0.467 e. The van der Waals surface area contributed by atoms with Crippen LogP contribution in [-0.4, -0.2) is 25.0 Å². The zero-order chi connectivity index (χ0) is 22.9. The van der Waals surface area contributed by atoms with Crippen molar-refractivity contribution in [2.24, 2.45) is 0 Å². The van der Waals surface area contributed by atoms with E-state index in [1.165, 1.54) is 19.2 Å². The van der Waals surface area contributed by atoms with Crippen molar-refractivity contribution in [3.8, 4) is 11.1 Å². The molecule has 3 aromatic rings. The molecule has 1 aliphatic rings. The van der Waals surface area contributed by atoms with Crippen molar-refractivity contribution < 1.29 is 27.5 Å². The van der Waals surface area contributed by atoms with E-state index < -0.39 is 35.6 Å². The fourth-order valence-electron chi connectivity index (χ4n) is 4.18. The molecule has 0 saturated heterocycles. The normalized spacial score (nSPS) is 13.8. The molecule has 1 aliphatic carbocycles. The third kappa shape index (κ3) is 4.10.